The van der Waals surface area contributed by atoms with Crippen LogP contribution in [-0.2, 0) is 13.0 Å². The molecule has 2 aromatic carbocycles. The highest BCUT2D eigenvalue weighted by Gasteiger charge is 2.23. The summed E-state index contributed by atoms with van der Waals surface area (Å²) < 4.78 is 0. The molecule has 1 aliphatic heterocycles. The summed E-state index contributed by atoms with van der Waals surface area (Å²) >= 11 is 0. The Hall–Kier alpha value is -1.84. The van der Waals surface area contributed by atoms with E-state index in [4.69, 9.17) is 5.73 Å². The van der Waals surface area contributed by atoms with Crippen molar-refractivity contribution in [1.29, 1.82) is 0 Å². The summed E-state index contributed by atoms with van der Waals surface area (Å²) in [7, 11) is 4.13. The van der Waals surface area contributed by atoms with E-state index in [1.165, 1.54) is 22.4 Å². The zero-order chi connectivity index (χ0) is 15.5. The molecule has 0 fully saturated rings. The van der Waals surface area contributed by atoms with E-state index in [1.807, 2.05) is 0 Å². The van der Waals surface area contributed by atoms with E-state index in [9.17, 15) is 0 Å². The second-order valence-corrected chi connectivity index (χ2v) is 6.23. The molecule has 3 heteroatoms. The van der Waals surface area contributed by atoms with Crippen LogP contribution in [0.1, 0.15) is 22.7 Å². The molecule has 0 radical (unpaired) electrons. The number of fused-ring (bicyclic) bond motifs is 1. The highest BCUT2D eigenvalue weighted by atomic mass is 15.2. The minimum absolute atomic E-state index is 0.296. The first-order valence-corrected chi connectivity index (χ1v) is 7.97. The van der Waals surface area contributed by atoms with Crippen LogP contribution in [0.25, 0.3) is 0 Å². The van der Waals surface area contributed by atoms with E-state index < -0.39 is 0 Å². The first kappa shape index (κ1) is 15.1. The molecule has 0 amide bonds. The van der Waals surface area contributed by atoms with Crippen LogP contribution in [0.2, 0.25) is 0 Å². The fraction of sp³-hybridized carbons (Fsp3) is 0.368. The Morgan fingerprint density at radius 2 is 1.73 bits per heavy atom. The van der Waals surface area contributed by atoms with Crippen molar-refractivity contribution in [1.82, 2.24) is 4.90 Å². The van der Waals surface area contributed by atoms with Crippen LogP contribution in [0.5, 0.6) is 0 Å². The molecule has 0 saturated heterocycles. The molecule has 0 spiro atoms. The quantitative estimate of drug-likeness (QED) is 0.941. The van der Waals surface area contributed by atoms with Crippen molar-refractivity contribution in [2.24, 2.45) is 5.73 Å². The number of benzene rings is 2. The van der Waals surface area contributed by atoms with Gasteiger partial charge in [0, 0.05) is 45.5 Å². The van der Waals surface area contributed by atoms with Gasteiger partial charge in [0.25, 0.3) is 0 Å². The summed E-state index contributed by atoms with van der Waals surface area (Å²) in [6, 6.07) is 17.8. The maximum atomic E-state index is 6.10. The van der Waals surface area contributed by atoms with Gasteiger partial charge < -0.3 is 10.6 Å². The van der Waals surface area contributed by atoms with Crippen LogP contribution in [0.4, 0.5) is 5.69 Å². The molecular weight excluding hydrogens is 270 g/mol. The predicted molar refractivity (Wildman–Crippen MR) is 93.1 cm³/mol. The lowest BCUT2D eigenvalue weighted by Gasteiger charge is -2.35. The molecule has 1 atom stereocenters. The van der Waals surface area contributed by atoms with Gasteiger partial charge in [0.2, 0.25) is 0 Å². The van der Waals surface area contributed by atoms with Gasteiger partial charge in [0.05, 0.1) is 0 Å². The number of anilines is 1. The van der Waals surface area contributed by atoms with E-state index in [1.54, 1.807) is 0 Å². The van der Waals surface area contributed by atoms with Crippen molar-refractivity contribution in [2.45, 2.75) is 19.0 Å². The minimum Gasteiger partial charge on any atom is -0.378 e. The van der Waals surface area contributed by atoms with E-state index in [-0.39, 0.29) is 0 Å². The van der Waals surface area contributed by atoms with Gasteiger partial charge in [-0.25, -0.2) is 0 Å². The van der Waals surface area contributed by atoms with E-state index in [2.05, 4.69) is 72.4 Å². The lowest BCUT2D eigenvalue weighted by atomic mass is 9.96. The van der Waals surface area contributed by atoms with Crippen molar-refractivity contribution >= 4 is 5.69 Å². The fourth-order valence-corrected chi connectivity index (χ4v) is 3.27. The van der Waals surface area contributed by atoms with Gasteiger partial charge in [-0.1, -0.05) is 36.4 Å². The molecule has 0 saturated carbocycles. The highest BCUT2D eigenvalue weighted by Crippen LogP contribution is 2.28. The Morgan fingerprint density at radius 3 is 2.36 bits per heavy atom. The smallest absolute Gasteiger partial charge is 0.0474 e. The summed E-state index contributed by atoms with van der Waals surface area (Å²) in [6.07, 6.45) is 1.11. The largest absolute Gasteiger partial charge is 0.378 e. The first-order chi connectivity index (χ1) is 10.7. The summed E-state index contributed by atoms with van der Waals surface area (Å²) in [5, 5.41) is 0. The van der Waals surface area contributed by atoms with Crippen molar-refractivity contribution in [3.63, 3.8) is 0 Å². The molecule has 0 aliphatic carbocycles. The number of hydrogen-bond donors (Lipinski definition) is 1. The number of nitrogens with two attached hydrogens (primary N) is 1. The molecule has 0 bridgehead atoms. The van der Waals surface area contributed by atoms with Gasteiger partial charge >= 0.3 is 0 Å². The Balaban J connectivity index is 1.80. The van der Waals surface area contributed by atoms with Gasteiger partial charge in [-0.3, -0.25) is 4.90 Å². The number of rotatable bonds is 4. The molecular formula is C19H25N3. The Kier molecular flexibility index (Phi) is 4.46. The third-order valence-electron chi connectivity index (χ3n) is 4.62. The molecule has 3 rings (SSSR count). The van der Waals surface area contributed by atoms with Crippen LogP contribution in [0, 0.1) is 0 Å². The Labute approximate surface area is 133 Å². The molecule has 1 heterocycles. The topological polar surface area (TPSA) is 32.5 Å². The van der Waals surface area contributed by atoms with Gasteiger partial charge in [-0.05, 0) is 35.2 Å². The van der Waals surface area contributed by atoms with Crippen LogP contribution in [0.3, 0.4) is 0 Å². The molecule has 116 valence electrons. The van der Waals surface area contributed by atoms with Gasteiger partial charge in [-0.15, -0.1) is 0 Å². The number of nitrogens with zero attached hydrogens (tertiary/aromatic N) is 2. The predicted octanol–water partition coefficient (Wildman–Crippen LogP) is 2.81. The van der Waals surface area contributed by atoms with Crippen LogP contribution in [-0.4, -0.2) is 32.1 Å². The van der Waals surface area contributed by atoms with Crippen molar-refractivity contribution < 1.29 is 0 Å². The average Bonchev–Trinajstić information content (AvgIpc) is 2.56. The Bertz CT molecular complexity index is 619. The van der Waals surface area contributed by atoms with Crippen molar-refractivity contribution in [2.75, 3.05) is 32.1 Å². The minimum atomic E-state index is 0.296. The van der Waals surface area contributed by atoms with E-state index in [0.717, 1.165) is 19.5 Å². The van der Waals surface area contributed by atoms with Crippen LogP contribution >= 0.6 is 0 Å². The van der Waals surface area contributed by atoms with Crippen molar-refractivity contribution in [3.8, 4) is 0 Å². The molecule has 1 aliphatic rings. The van der Waals surface area contributed by atoms with E-state index >= 15 is 0 Å². The molecule has 2 N–H and O–H groups in total. The van der Waals surface area contributed by atoms with E-state index in [0.29, 0.717) is 12.6 Å². The second-order valence-electron chi connectivity index (χ2n) is 6.23. The van der Waals surface area contributed by atoms with Crippen LogP contribution in [0.15, 0.2) is 48.5 Å². The molecule has 22 heavy (non-hydrogen) atoms. The van der Waals surface area contributed by atoms with Gasteiger partial charge in [0.1, 0.15) is 0 Å². The zero-order valence-electron chi connectivity index (χ0n) is 13.5. The monoisotopic (exact) mass is 295 g/mol. The summed E-state index contributed by atoms with van der Waals surface area (Å²) in [6.45, 7) is 2.73. The summed E-state index contributed by atoms with van der Waals surface area (Å²) in [5.74, 6) is 0. The molecule has 2 aromatic rings. The highest BCUT2D eigenvalue weighted by molar-refractivity contribution is 5.46. The molecule has 0 unspecified atom stereocenters. The lowest BCUT2D eigenvalue weighted by Crippen LogP contribution is -2.37. The standard InChI is InChI=1S/C19H25N3/c1-21(2)18-9-7-16(8-10-18)19(13-20)22-12-11-15-5-3-4-6-17(15)14-22/h3-10,19H,11-14,20H2,1-2H3/t19-/m0/s1. The van der Waals surface area contributed by atoms with Crippen molar-refractivity contribution in [3.05, 3.63) is 65.2 Å². The second kappa shape index (κ2) is 6.51. The molecule has 0 aromatic heterocycles. The SMILES string of the molecule is CN(C)c1ccc([C@H](CN)N2CCc3ccccc3C2)cc1. The third-order valence-corrected chi connectivity index (χ3v) is 4.62. The summed E-state index contributed by atoms with van der Waals surface area (Å²) in [5.41, 5.74) is 11.6. The Morgan fingerprint density at radius 1 is 1.05 bits per heavy atom. The normalized spacial score (nSPS) is 16.1. The zero-order valence-corrected chi connectivity index (χ0v) is 13.5. The van der Waals surface area contributed by atoms with Crippen LogP contribution < -0.4 is 10.6 Å². The lowest BCUT2D eigenvalue weighted by molar-refractivity contribution is 0.183. The fourth-order valence-electron chi connectivity index (χ4n) is 3.27. The maximum Gasteiger partial charge on any atom is 0.0474 e. The summed E-state index contributed by atoms with van der Waals surface area (Å²) in [4.78, 5) is 4.63. The maximum absolute atomic E-state index is 6.10. The third kappa shape index (κ3) is 3.01. The van der Waals surface area contributed by atoms with Gasteiger partial charge in [-0.2, -0.15) is 0 Å². The van der Waals surface area contributed by atoms with Gasteiger partial charge in [0.15, 0.2) is 0 Å². The average molecular weight is 295 g/mol. The number of hydrogen-bond acceptors (Lipinski definition) is 3. The molecule has 3 nitrogen and oxygen atoms in total. The first-order valence-electron chi connectivity index (χ1n) is 7.97.